The number of carbonyl (C=O) groups is 1. The van der Waals surface area contributed by atoms with Crippen molar-refractivity contribution in [2.24, 2.45) is 0 Å². The third kappa shape index (κ3) is 31.7. The minimum atomic E-state index is -4.40. The van der Waals surface area contributed by atoms with Gasteiger partial charge >= 0.3 is 0 Å². The maximum absolute atomic E-state index is 12.6. The number of aliphatic hydroxyl groups excluding tert-OH is 2. The van der Waals surface area contributed by atoms with Crippen LogP contribution in [0.4, 0.5) is 0 Å². The van der Waals surface area contributed by atoms with Crippen molar-refractivity contribution in [3.8, 4) is 0 Å². The zero-order valence-corrected chi connectivity index (χ0v) is 30.4. The van der Waals surface area contributed by atoms with E-state index < -0.39 is 40.0 Å². The molecule has 0 rings (SSSR count). The van der Waals surface area contributed by atoms with Crippen molar-refractivity contribution in [1.82, 2.24) is 5.32 Å². The molecule has 4 N–H and O–H groups in total. The fraction of sp³-hybridized carbons (Fsp3) is 0.973. The molecule has 0 aliphatic heterocycles. The lowest BCUT2D eigenvalue weighted by molar-refractivity contribution is -0.131. The first-order chi connectivity index (χ1) is 21.7. The van der Waals surface area contributed by atoms with Gasteiger partial charge in [0, 0.05) is 0 Å². The Morgan fingerprint density at radius 3 is 1.11 bits per heavy atom. The summed E-state index contributed by atoms with van der Waals surface area (Å²) in [6, 6.07) is -1.14. The third-order valence-electron chi connectivity index (χ3n) is 9.17. The Morgan fingerprint density at radius 2 is 0.800 bits per heavy atom. The van der Waals surface area contributed by atoms with Crippen LogP contribution in [0, 0.1) is 0 Å². The zero-order valence-electron chi connectivity index (χ0n) is 29.6. The SMILES string of the molecule is CCCCCCCCCCCCCCCCCCC(O)C(CS(=O)(=O)O)NC(=O)C(O)CCCCCCCCCCCCCC. The first-order valence-electron chi connectivity index (χ1n) is 19.3. The van der Waals surface area contributed by atoms with Crippen molar-refractivity contribution in [3.05, 3.63) is 0 Å². The number of hydrogen-bond donors (Lipinski definition) is 4. The van der Waals surface area contributed by atoms with Gasteiger partial charge in [-0.05, 0) is 12.8 Å². The van der Waals surface area contributed by atoms with E-state index in [1.54, 1.807) is 0 Å². The highest BCUT2D eigenvalue weighted by molar-refractivity contribution is 7.85. The first kappa shape index (κ1) is 44.3. The normalized spacial score (nSPS) is 14.0. The van der Waals surface area contributed by atoms with Gasteiger partial charge in [0.2, 0.25) is 5.91 Å². The van der Waals surface area contributed by atoms with Gasteiger partial charge in [-0.15, -0.1) is 0 Å². The molecule has 0 aromatic heterocycles. The van der Waals surface area contributed by atoms with Crippen molar-refractivity contribution in [2.45, 2.75) is 225 Å². The first-order valence-corrected chi connectivity index (χ1v) is 20.9. The maximum Gasteiger partial charge on any atom is 0.266 e. The van der Waals surface area contributed by atoms with Crippen molar-refractivity contribution >= 4 is 16.0 Å². The average molecular weight is 662 g/mol. The standard InChI is InChI=1S/C37H75NO6S/c1-3-5-7-9-11-13-15-17-18-19-20-22-23-25-27-29-31-35(39)34(33-45(42,43)44)38-37(41)36(40)32-30-28-26-24-21-16-14-12-10-8-6-4-2/h34-36,39-40H,3-33H2,1-2H3,(H,38,41)(H,42,43,44). The number of unbranched alkanes of at least 4 members (excludes halogenated alkanes) is 26. The quantitative estimate of drug-likeness (QED) is 0.0396. The molecule has 3 atom stereocenters. The van der Waals surface area contributed by atoms with Crippen LogP contribution in [0.2, 0.25) is 0 Å². The maximum atomic E-state index is 12.6. The van der Waals surface area contributed by atoms with E-state index in [-0.39, 0.29) is 0 Å². The summed E-state index contributed by atoms with van der Waals surface area (Å²) in [7, 11) is -4.40. The molecule has 0 saturated carbocycles. The fourth-order valence-electron chi connectivity index (χ4n) is 6.17. The summed E-state index contributed by atoms with van der Waals surface area (Å²) in [5.74, 6) is -1.44. The smallest absolute Gasteiger partial charge is 0.266 e. The molecule has 270 valence electrons. The van der Waals surface area contributed by atoms with Gasteiger partial charge in [-0.3, -0.25) is 9.35 Å². The van der Waals surface area contributed by atoms with Crippen molar-refractivity contribution in [1.29, 1.82) is 0 Å². The lowest BCUT2D eigenvalue weighted by Gasteiger charge is -2.24. The Labute approximate surface area is 279 Å². The molecule has 8 heteroatoms. The second-order valence-corrected chi connectivity index (χ2v) is 15.2. The van der Waals surface area contributed by atoms with E-state index in [9.17, 15) is 28.0 Å². The number of aliphatic hydroxyl groups is 2. The second kappa shape index (κ2) is 31.9. The van der Waals surface area contributed by atoms with E-state index >= 15 is 0 Å². The predicted octanol–water partition coefficient (Wildman–Crippen LogP) is 9.82. The van der Waals surface area contributed by atoms with Gasteiger partial charge in [-0.2, -0.15) is 8.42 Å². The fourth-order valence-corrected chi connectivity index (χ4v) is 6.93. The van der Waals surface area contributed by atoms with Crippen LogP contribution in [-0.4, -0.2) is 53.1 Å². The number of rotatable bonds is 35. The van der Waals surface area contributed by atoms with Gasteiger partial charge in [0.15, 0.2) is 0 Å². The van der Waals surface area contributed by atoms with Crippen LogP contribution in [-0.2, 0) is 14.9 Å². The highest BCUT2D eigenvalue weighted by Crippen LogP contribution is 2.16. The summed E-state index contributed by atoms with van der Waals surface area (Å²) < 4.78 is 32.5. The monoisotopic (exact) mass is 662 g/mol. The highest BCUT2D eigenvalue weighted by atomic mass is 32.2. The van der Waals surface area contributed by atoms with Crippen LogP contribution in [0.3, 0.4) is 0 Å². The summed E-state index contributed by atoms with van der Waals surface area (Å²) in [6.45, 7) is 4.49. The van der Waals surface area contributed by atoms with Crippen molar-refractivity contribution in [3.63, 3.8) is 0 Å². The number of amides is 1. The van der Waals surface area contributed by atoms with Crippen LogP contribution in [0.15, 0.2) is 0 Å². The minimum absolute atomic E-state index is 0.303. The van der Waals surface area contributed by atoms with Gasteiger partial charge in [0.25, 0.3) is 10.1 Å². The van der Waals surface area contributed by atoms with Crippen LogP contribution < -0.4 is 5.32 Å². The second-order valence-electron chi connectivity index (χ2n) is 13.7. The van der Waals surface area contributed by atoms with Gasteiger partial charge in [0.05, 0.1) is 17.9 Å². The van der Waals surface area contributed by atoms with E-state index in [4.69, 9.17) is 0 Å². The summed E-state index contributed by atoms with van der Waals surface area (Å²) >= 11 is 0. The molecule has 0 aliphatic rings. The van der Waals surface area contributed by atoms with Crippen LogP contribution in [0.1, 0.15) is 206 Å². The molecular weight excluding hydrogens is 586 g/mol. The molecule has 0 radical (unpaired) electrons. The lowest BCUT2D eigenvalue weighted by Crippen LogP contribution is -2.50. The molecule has 0 spiro atoms. The Morgan fingerprint density at radius 1 is 0.511 bits per heavy atom. The summed E-state index contributed by atoms with van der Waals surface area (Å²) in [5.41, 5.74) is 0. The highest BCUT2D eigenvalue weighted by Gasteiger charge is 2.28. The average Bonchev–Trinajstić information content (AvgIpc) is 3.00. The van der Waals surface area contributed by atoms with E-state index in [1.807, 2.05) is 0 Å². The van der Waals surface area contributed by atoms with Crippen molar-refractivity contribution < 1.29 is 28.0 Å². The van der Waals surface area contributed by atoms with Crippen LogP contribution in [0.5, 0.6) is 0 Å². The minimum Gasteiger partial charge on any atom is -0.391 e. The molecule has 0 aromatic carbocycles. The Bertz CT molecular complexity index is 747. The molecule has 0 aliphatic carbocycles. The molecule has 0 fully saturated rings. The van der Waals surface area contributed by atoms with E-state index in [2.05, 4.69) is 19.2 Å². The largest absolute Gasteiger partial charge is 0.391 e. The summed E-state index contributed by atoms with van der Waals surface area (Å²) in [6.07, 6.45) is 32.6. The molecular formula is C37H75NO6S. The molecule has 0 aromatic rings. The molecule has 45 heavy (non-hydrogen) atoms. The van der Waals surface area contributed by atoms with E-state index in [0.717, 1.165) is 44.9 Å². The molecule has 3 unspecified atom stereocenters. The van der Waals surface area contributed by atoms with E-state index in [0.29, 0.717) is 12.8 Å². The molecule has 0 bridgehead atoms. The third-order valence-corrected chi connectivity index (χ3v) is 9.95. The molecule has 0 heterocycles. The number of hydrogen-bond acceptors (Lipinski definition) is 5. The Kier molecular flexibility index (Phi) is 31.4. The number of nitrogens with one attached hydrogen (secondary N) is 1. The van der Waals surface area contributed by atoms with Gasteiger partial charge in [-0.1, -0.05) is 194 Å². The molecule has 7 nitrogen and oxygen atoms in total. The van der Waals surface area contributed by atoms with Gasteiger partial charge in [0.1, 0.15) is 6.10 Å². The Hall–Kier alpha value is -0.700. The summed E-state index contributed by atoms with van der Waals surface area (Å²) in [4.78, 5) is 12.6. The van der Waals surface area contributed by atoms with Crippen LogP contribution in [0.25, 0.3) is 0 Å². The van der Waals surface area contributed by atoms with Gasteiger partial charge in [-0.25, -0.2) is 0 Å². The van der Waals surface area contributed by atoms with Crippen molar-refractivity contribution in [2.75, 3.05) is 5.75 Å². The molecule has 0 saturated heterocycles. The van der Waals surface area contributed by atoms with Gasteiger partial charge < -0.3 is 15.5 Å². The van der Waals surface area contributed by atoms with Crippen LogP contribution >= 0.6 is 0 Å². The lowest BCUT2D eigenvalue weighted by atomic mass is 10.0. The molecule has 1 amide bonds. The van der Waals surface area contributed by atoms with E-state index in [1.165, 1.54) is 135 Å². The zero-order chi connectivity index (χ0) is 33.4. The summed E-state index contributed by atoms with van der Waals surface area (Å²) in [5, 5.41) is 23.5. The predicted molar refractivity (Wildman–Crippen MR) is 190 cm³/mol. The topological polar surface area (TPSA) is 124 Å². The number of carbonyl (C=O) groups excluding carboxylic acids is 1. The Balaban J connectivity index is 3.99.